The van der Waals surface area contributed by atoms with Crippen LogP contribution in [0.1, 0.15) is 18.4 Å². The highest BCUT2D eigenvalue weighted by Crippen LogP contribution is 2.21. The molecule has 5 nitrogen and oxygen atoms in total. The number of nitrogens with two attached hydrogens (primary N) is 1. The molecule has 1 heterocycles. The van der Waals surface area contributed by atoms with Gasteiger partial charge in [0.15, 0.2) is 0 Å². The fourth-order valence-electron chi connectivity index (χ4n) is 2.68. The van der Waals surface area contributed by atoms with Crippen molar-refractivity contribution < 1.29 is 13.9 Å². The average Bonchev–Trinajstić information content (AvgIpc) is 2.53. The summed E-state index contributed by atoms with van der Waals surface area (Å²) in [6.07, 6.45) is 1.26. The lowest BCUT2D eigenvalue weighted by molar-refractivity contribution is -0.133. The molecule has 0 atom stereocenters. The molecular weight excluding hydrogens is 356 g/mol. The zero-order valence-electron chi connectivity index (χ0n) is 13.9. The van der Waals surface area contributed by atoms with Crippen molar-refractivity contribution in [2.24, 2.45) is 5.73 Å². The van der Waals surface area contributed by atoms with Crippen LogP contribution >= 0.6 is 24.8 Å². The van der Waals surface area contributed by atoms with Crippen LogP contribution in [0.2, 0.25) is 0 Å². The van der Waals surface area contributed by atoms with Gasteiger partial charge >= 0.3 is 0 Å². The summed E-state index contributed by atoms with van der Waals surface area (Å²) in [5.41, 5.74) is 6.27. The van der Waals surface area contributed by atoms with Gasteiger partial charge in [0.1, 0.15) is 11.6 Å². The Labute approximate surface area is 155 Å². The molecule has 138 valence electrons. The lowest BCUT2D eigenvalue weighted by atomic mass is 10.1. The molecule has 0 bridgehead atoms. The molecule has 1 aromatic carbocycles. The maximum atomic E-state index is 13.4. The molecule has 24 heavy (non-hydrogen) atoms. The number of rotatable bonds is 6. The minimum Gasteiger partial charge on any atom is -0.496 e. The van der Waals surface area contributed by atoms with E-state index >= 15 is 0 Å². The molecule has 1 aliphatic heterocycles. The monoisotopic (exact) mass is 381 g/mol. The highest BCUT2D eigenvalue weighted by atomic mass is 35.5. The van der Waals surface area contributed by atoms with E-state index in [1.807, 2.05) is 4.90 Å². The number of ether oxygens (including phenoxy) is 1. The van der Waals surface area contributed by atoms with Gasteiger partial charge in [0, 0.05) is 44.7 Å². The SMILES string of the molecule is COc1ccc(F)cc1CN1CCN(C(=O)CCCN)CC1.Cl.Cl. The molecule has 0 aliphatic carbocycles. The number of amides is 1. The second-order valence-electron chi connectivity index (χ2n) is 5.51. The Morgan fingerprint density at radius 1 is 1.25 bits per heavy atom. The molecule has 0 saturated carbocycles. The summed E-state index contributed by atoms with van der Waals surface area (Å²) in [6.45, 7) is 4.17. The highest BCUT2D eigenvalue weighted by Gasteiger charge is 2.21. The second kappa shape index (κ2) is 11.5. The van der Waals surface area contributed by atoms with Crippen LogP contribution in [-0.2, 0) is 11.3 Å². The molecule has 2 N–H and O–H groups in total. The van der Waals surface area contributed by atoms with Gasteiger partial charge in [0.2, 0.25) is 5.91 Å². The first-order chi connectivity index (χ1) is 10.6. The number of carbonyl (C=O) groups excluding carboxylic acids is 1. The van der Waals surface area contributed by atoms with E-state index in [4.69, 9.17) is 10.5 Å². The van der Waals surface area contributed by atoms with Crippen molar-refractivity contribution in [1.82, 2.24) is 9.80 Å². The average molecular weight is 382 g/mol. The number of nitrogens with zero attached hydrogens (tertiary/aromatic N) is 2. The van der Waals surface area contributed by atoms with Crippen molar-refractivity contribution >= 4 is 30.7 Å². The van der Waals surface area contributed by atoms with Crippen molar-refractivity contribution in [3.05, 3.63) is 29.6 Å². The standard InChI is InChI=1S/C16H24FN3O2.2ClH/c1-22-15-5-4-14(17)11-13(15)12-19-7-9-20(10-8-19)16(21)3-2-6-18;;/h4-5,11H,2-3,6-10,12,18H2,1H3;2*1H. The van der Waals surface area contributed by atoms with Gasteiger partial charge in [-0.25, -0.2) is 4.39 Å². The smallest absolute Gasteiger partial charge is 0.222 e. The van der Waals surface area contributed by atoms with E-state index in [9.17, 15) is 9.18 Å². The summed E-state index contributed by atoms with van der Waals surface area (Å²) in [5, 5.41) is 0. The first-order valence-corrected chi connectivity index (χ1v) is 7.66. The van der Waals surface area contributed by atoms with Gasteiger partial charge in [-0.05, 0) is 31.2 Å². The lowest BCUT2D eigenvalue weighted by Gasteiger charge is -2.35. The molecular formula is C16H26Cl2FN3O2. The van der Waals surface area contributed by atoms with Crippen molar-refractivity contribution in [3.63, 3.8) is 0 Å². The van der Waals surface area contributed by atoms with Crippen LogP contribution in [0.15, 0.2) is 18.2 Å². The van der Waals surface area contributed by atoms with Crippen molar-refractivity contribution in [1.29, 1.82) is 0 Å². The van der Waals surface area contributed by atoms with Crippen LogP contribution in [0.4, 0.5) is 4.39 Å². The summed E-state index contributed by atoms with van der Waals surface area (Å²) in [5.74, 6) is 0.614. The van der Waals surface area contributed by atoms with E-state index in [1.165, 1.54) is 12.1 Å². The Morgan fingerprint density at radius 3 is 2.50 bits per heavy atom. The molecule has 1 aromatic rings. The fraction of sp³-hybridized carbons (Fsp3) is 0.562. The zero-order chi connectivity index (χ0) is 15.9. The summed E-state index contributed by atoms with van der Waals surface area (Å²) < 4.78 is 18.7. The normalized spacial score (nSPS) is 14.5. The van der Waals surface area contributed by atoms with E-state index in [0.717, 1.165) is 25.1 Å². The Hall–Kier alpha value is -1.08. The first-order valence-electron chi connectivity index (χ1n) is 7.66. The molecule has 8 heteroatoms. The molecule has 1 amide bonds. The lowest BCUT2D eigenvalue weighted by Crippen LogP contribution is -2.48. The van der Waals surface area contributed by atoms with Crippen molar-refractivity contribution in [3.8, 4) is 5.75 Å². The third-order valence-electron chi connectivity index (χ3n) is 3.96. The fourth-order valence-corrected chi connectivity index (χ4v) is 2.68. The van der Waals surface area contributed by atoms with Gasteiger partial charge in [-0.15, -0.1) is 24.8 Å². The number of halogens is 3. The van der Waals surface area contributed by atoms with Crippen LogP contribution in [-0.4, -0.2) is 55.5 Å². The third-order valence-corrected chi connectivity index (χ3v) is 3.96. The quantitative estimate of drug-likeness (QED) is 0.819. The number of carbonyl (C=O) groups is 1. The molecule has 0 radical (unpaired) electrons. The topological polar surface area (TPSA) is 58.8 Å². The summed E-state index contributed by atoms with van der Waals surface area (Å²) >= 11 is 0. The van der Waals surface area contributed by atoms with E-state index in [1.54, 1.807) is 13.2 Å². The number of benzene rings is 1. The minimum absolute atomic E-state index is 0. The predicted molar refractivity (Wildman–Crippen MR) is 97.6 cm³/mol. The van der Waals surface area contributed by atoms with E-state index in [-0.39, 0.29) is 36.5 Å². The molecule has 1 aliphatic rings. The number of hydrogen-bond acceptors (Lipinski definition) is 4. The van der Waals surface area contributed by atoms with Gasteiger partial charge in [0.05, 0.1) is 7.11 Å². The number of methoxy groups -OCH3 is 1. The van der Waals surface area contributed by atoms with Crippen molar-refractivity contribution in [2.45, 2.75) is 19.4 Å². The summed E-state index contributed by atoms with van der Waals surface area (Å²) in [6, 6.07) is 4.56. The Bertz CT molecular complexity index is 512. The molecule has 0 aromatic heterocycles. The van der Waals surface area contributed by atoms with Gasteiger partial charge in [-0.2, -0.15) is 0 Å². The van der Waals surface area contributed by atoms with Gasteiger partial charge in [-0.3, -0.25) is 9.69 Å². The van der Waals surface area contributed by atoms with E-state index < -0.39 is 0 Å². The minimum atomic E-state index is -0.258. The van der Waals surface area contributed by atoms with Crippen LogP contribution in [0.25, 0.3) is 0 Å². The summed E-state index contributed by atoms with van der Waals surface area (Å²) in [4.78, 5) is 16.0. The Kier molecular flexibility index (Phi) is 11.0. The Balaban J connectivity index is 0.00000264. The summed E-state index contributed by atoms with van der Waals surface area (Å²) in [7, 11) is 1.59. The van der Waals surface area contributed by atoms with Crippen molar-refractivity contribution in [2.75, 3.05) is 39.8 Å². The maximum absolute atomic E-state index is 13.4. The third kappa shape index (κ3) is 6.43. The van der Waals surface area contributed by atoms with E-state index in [2.05, 4.69) is 4.90 Å². The molecule has 0 spiro atoms. The second-order valence-corrected chi connectivity index (χ2v) is 5.51. The highest BCUT2D eigenvalue weighted by molar-refractivity contribution is 5.85. The van der Waals surface area contributed by atoms with Gasteiger partial charge < -0.3 is 15.4 Å². The molecule has 2 rings (SSSR count). The largest absolute Gasteiger partial charge is 0.496 e. The molecule has 1 saturated heterocycles. The van der Waals surface area contributed by atoms with Crippen LogP contribution in [0.3, 0.4) is 0 Å². The van der Waals surface area contributed by atoms with Crippen LogP contribution in [0.5, 0.6) is 5.75 Å². The van der Waals surface area contributed by atoms with Crippen LogP contribution in [0, 0.1) is 5.82 Å². The first kappa shape index (κ1) is 22.9. The molecule has 1 fully saturated rings. The van der Waals surface area contributed by atoms with Gasteiger partial charge in [-0.1, -0.05) is 0 Å². The van der Waals surface area contributed by atoms with Gasteiger partial charge in [0.25, 0.3) is 0 Å². The van der Waals surface area contributed by atoms with E-state index in [0.29, 0.717) is 38.3 Å². The Morgan fingerprint density at radius 2 is 1.92 bits per heavy atom. The number of hydrogen-bond donors (Lipinski definition) is 1. The zero-order valence-corrected chi connectivity index (χ0v) is 15.5. The maximum Gasteiger partial charge on any atom is 0.222 e. The van der Waals surface area contributed by atoms with Crippen LogP contribution < -0.4 is 10.5 Å². The molecule has 0 unspecified atom stereocenters. The number of piperazine rings is 1. The predicted octanol–water partition coefficient (Wildman–Crippen LogP) is 2.06.